The van der Waals surface area contributed by atoms with Gasteiger partial charge in [-0.15, -0.1) is 0 Å². The van der Waals surface area contributed by atoms with Crippen molar-refractivity contribution >= 4 is 5.97 Å². The molecule has 0 saturated carbocycles. The smallest absolute Gasteiger partial charge is 0.320 e. The molecule has 0 atom stereocenters. The predicted molar refractivity (Wildman–Crippen MR) is 71.1 cm³/mol. The molecule has 4 nitrogen and oxygen atoms in total. The molecule has 0 aromatic rings. The van der Waals surface area contributed by atoms with Crippen molar-refractivity contribution in [3.8, 4) is 0 Å². The third-order valence-corrected chi connectivity index (χ3v) is 2.97. The van der Waals surface area contributed by atoms with Crippen LogP contribution in [0.2, 0.25) is 0 Å². The van der Waals surface area contributed by atoms with Gasteiger partial charge in [-0.25, -0.2) is 0 Å². The molecule has 0 saturated heterocycles. The van der Waals surface area contributed by atoms with E-state index in [0.717, 1.165) is 26.2 Å². The Balaban J connectivity index is 4.10. The summed E-state index contributed by atoms with van der Waals surface area (Å²) in [5.74, 6) is -0.124. The third-order valence-electron chi connectivity index (χ3n) is 2.97. The minimum absolute atomic E-state index is 0.124. The quantitative estimate of drug-likeness (QED) is 0.577. The molecule has 17 heavy (non-hydrogen) atoms. The van der Waals surface area contributed by atoms with Gasteiger partial charge in [0.25, 0.3) is 0 Å². The first-order valence-corrected chi connectivity index (χ1v) is 6.67. The third kappa shape index (κ3) is 7.34. The molecule has 0 aliphatic heterocycles. The lowest BCUT2D eigenvalue weighted by Crippen LogP contribution is -2.41. The molecule has 0 unspecified atom stereocenters. The summed E-state index contributed by atoms with van der Waals surface area (Å²) in [5.41, 5.74) is 0. The molecule has 0 radical (unpaired) electrons. The molecule has 0 bridgehead atoms. The molecule has 0 aliphatic carbocycles. The predicted octanol–water partition coefficient (Wildman–Crippen LogP) is 1.60. The average Bonchev–Trinajstić information content (AvgIpc) is 2.28. The second kappa shape index (κ2) is 9.42. The van der Waals surface area contributed by atoms with E-state index < -0.39 is 0 Å². The van der Waals surface area contributed by atoms with Gasteiger partial charge in [0, 0.05) is 19.1 Å². The van der Waals surface area contributed by atoms with Gasteiger partial charge in [-0.2, -0.15) is 0 Å². The van der Waals surface area contributed by atoms with Gasteiger partial charge in [0.15, 0.2) is 0 Å². The van der Waals surface area contributed by atoms with E-state index in [0.29, 0.717) is 19.2 Å². The molecule has 0 aliphatic rings. The van der Waals surface area contributed by atoms with Crippen LogP contribution in [-0.2, 0) is 9.53 Å². The van der Waals surface area contributed by atoms with Crippen LogP contribution in [0.3, 0.4) is 0 Å². The Morgan fingerprint density at radius 1 is 1.12 bits per heavy atom. The molecule has 0 amide bonds. The van der Waals surface area contributed by atoms with Gasteiger partial charge in [0.05, 0.1) is 13.2 Å². The molecular weight excluding hydrogens is 216 g/mol. The van der Waals surface area contributed by atoms with Crippen LogP contribution in [0.1, 0.15) is 34.6 Å². The molecule has 102 valence electrons. The number of likely N-dealkylation sites (N-methyl/N-ethyl adjacent to an activating group) is 1. The summed E-state index contributed by atoms with van der Waals surface area (Å²) < 4.78 is 4.99. The van der Waals surface area contributed by atoms with Crippen molar-refractivity contribution < 1.29 is 9.53 Å². The maximum Gasteiger partial charge on any atom is 0.320 e. The number of carbonyl (C=O) groups excluding carboxylic acids is 1. The van der Waals surface area contributed by atoms with E-state index in [1.165, 1.54) is 0 Å². The van der Waals surface area contributed by atoms with Crippen molar-refractivity contribution in [2.75, 3.05) is 39.3 Å². The lowest BCUT2D eigenvalue weighted by molar-refractivity contribution is -0.144. The Bertz CT molecular complexity index is 204. The average molecular weight is 244 g/mol. The van der Waals surface area contributed by atoms with Gasteiger partial charge in [-0.05, 0) is 33.9 Å². The number of nitrogens with zero attached hydrogens (tertiary/aromatic N) is 2. The summed E-state index contributed by atoms with van der Waals surface area (Å²) >= 11 is 0. The summed E-state index contributed by atoms with van der Waals surface area (Å²) in [5, 5.41) is 0. The lowest BCUT2D eigenvalue weighted by atomic mass is 10.3. The number of hydrogen-bond donors (Lipinski definition) is 0. The van der Waals surface area contributed by atoms with Crippen molar-refractivity contribution in [3.63, 3.8) is 0 Å². The SMILES string of the molecule is CCOC(=O)CN(CCN(CC)CC)C(C)C. The first-order valence-electron chi connectivity index (χ1n) is 6.67. The highest BCUT2D eigenvalue weighted by Gasteiger charge is 2.15. The van der Waals surface area contributed by atoms with Crippen LogP contribution < -0.4 is 0 Å². The van der Waals surface area contributed by atoms with Crippen molar-refractivity contribution in [2.45, 2.75) is 40.7 Å². The highest BCUT2D eigenvalue weighted by molar-refractivity contribution is 5.71. The van der Waals surface area contributed by atoms with E-state index in [1.54, 1.807) is 0 Å². The molecule has 4 heteroatoms. The van der Waals surface area contributed by atoms with Gasteiger partial charge in [0.2, 0.25) is 0 Å². The van der Waals surface area contributed by atoms with Crippen molar-refractivity contribution in [1.82, 2.24) is 9.80 Å². The minimum Gasteiger partial charge on any atom is -0.465 e. The molecular formula is C13H28N2O2. The minimum atomic E-state index is -0.124. The van der Waals surface area contributed by atoms with Gasteiger partial charge in [0.1, 0.15) is 0 Å². The Morgan fingerprint density at radius 2 is 1.71 bits per heavy atom. The van der Waals surface area contributed by atoms with E-state index in [1.807, 2.05) is 6.92 Å². The molecule has 0 rings (SSSR count). The normalized spacial score (nSPS) is 11.5. The van der Waals surface area contributed by atoms with Gasteiger partial charge >= 0.3 is 5.97 Å². The summed E-state index contributed by atoms with van der Waals surface area (Å²) in [4.78, 5) is 16.0. The van der Waals surface area contributed by atoms with E-state index in [4.69, 9.17) is 4.74 Å². The number of esters is 1. The van der Waals surface area contributed by atoms with Crippen LogP contribution in [0.25, 0.3) is 0 Å². The van der Waals surface area contributed by atoms with E-state index in [9.17, 15) is 4.79 Å². The molecule has 0 aromatic heterocycles. The van der Waals surface area contributed by atoms with Gasteiger partial charge in [-0.1, -0.05) is 13.8 Å². The highest BCUT2D eigenvalue weighted by Crippen LogP contribution is 2.00. The van der Waals surface area contributed by atoms with Gasteiger partial charge in [-0.3, -0.25) is 9.69 Å². The van der Waals surface area contributed by atoms with Crippen LogP contribution in [0.15, 0.2) is 0 Å². The fourth-order valence-corrected chi connectivity index (χ4v) is 1.70. The molecule has 0 heterocycles. The van der Waals surface area contributed by atoms with Crippen molar-refractivity contribution in [2.24, 2.45) is 0 Å². The molecule has 0 spiro atoms. The Kier molecular flexibility index (Phi) is 9.09. The largest absolute Gasteiger partial charge is 0.465 e. The second-order valence-corrected chi connectivity index (χ2v) is 4.40. The Labute approximate surface area is 106 Å². The van der Waals surface area contributed by atoms with Crippen LogP contribution in [0.4, 0.5) is 0 Å². The van der Waals surface area contributed by atoms with Crippen LogP contribution in [0, 0.1) is 0 Å². The standard InChI is InChI=1S/C13H28N2O2/c1-6-14(7-2)9-10-15(12(4)5)11-13(16)17-8-3/h12H,6-11H2,1-5H3. The lowest BCUT2D eigenvalue weighted by Gasteiger charge is -2.28. The zero-order chi connectivity index (χ0) is 13.3. The fraction of sp³-hybridized carbons (Fsp3) is 0.923. The summed E-state index contributed by atoms with van der Waals surface area (Å²) in [6, 6.07) is 0.370. The number of carbonyl (C=O) groups is 1. The highest BCUT2D eigenvalue weighted by atomic mass is 16.5. The van der Waals surface area contributed by atoms with E-state index in [2.05, 4.69) is 37.5 Å². The summed E-state index contributed by atoms with van der Waals surface area (Å²) in [6.45, 7) is 15.3. The van der Waals surface area contributed by atoms with Crippen LogP contribution in [0.5, 0.6) is 0 Å². The number of ether oxygens (including phenoxy) is 1. The molecule has 0 N–H and O–H groups in total. The topological polar surface area (TPSA) is 32.8 Å². The Hall–Kier alpha value is -0.610. The molecule has 0 fully saturated rings. The first-order chi connectivity index (χ1) is 8.04. The van der Waals surface area contributed by atoms with Crippen molar-refractivity contribution in [1.29, 1.82) is 0 Å². The zero-order valence-corrected chi connectivity index (χ0v) is 12.0. The second-order valence-electron chi connectivity index (χ2n) is 4.40. The monoisotopic (exact) mass is 244 g/mol. The Morgan fingerprint density at radius 3 is 2.12 bits per heavy atom. The first kappa shape index (κ1) is 16.4. The van der Waals surface area contributed by atoms with Crippen molar-refractivity contribution in [3.05, 3.63) is 0 Å². The van der Waals surface area contributed by atoms with Crippen LogP contribution >= 0.6 is 0 Å². The summed E-state index contributed by atoms with van der Waals surface area (Å²) in [6.07, 6.45) is 0. The summed E-state index contributed by atoms with van der Waals surface area (Å²) in [7, 11) is 0. The number of hydrogen-bond acceptors (Lipinski definition) is 4. The maximum atomic E-state index is 11.5. The number of rotatable bonds is 9. The zero-order valence-electron chi connectivity index (χ0n) is 12.0. The molecule has 0 aromatic carbocycles. The maximum absolute atomic E-state index is 11.5. The fourth-order valence-electron chi connectivity index (χ4n) is 1.70. The van der Waals surface area contributed by atoms with Crippen LogP contribution in [-0.4, -0.2) is 61.1 Å². The van der Waals surface area contributed by atoms with Gasteiger partial charge < -0.3 is 9.64 Å². The van der Waals surface area contributed by atoms with E-state index >= 15 is 0 Å². The van der Waals surface area contributed by atoms with E-state index in [-0.39, 0.29) is 5.97 Å².